The van der Waals surface area contributed by atoms with Gasteiger partial charge in [0, 0.05) is 42.8 Å². The number of benzene rings is 1. The average Bonchev–Trinajstić information content (AvgIpc) is 3.16. The van der Waals surface area contributed by atoms with Gasteiger partial charge >= 0.3 is 0 Å². The molecule has 2 aromatic heterocycles. The third-order valence-electron chi connectivity index (χ3n) is 5.47. The predicted octanol–water partition coefficient (Wildman–Crippen LogP) is 4.07. The molecular weight excluding hydrogens is 364 g/mol. The Kier molecular flexibility index (Phi) is 5.16. The van der Waals surface area contributed by atoms with Crippen molar-refractivity contribution in [1.82, 2.24) is 14.9 Å². The quantitative estimate of drug-likeness (QED) is 0.647. The Balaban J connectivity index is 1.52. The molecule has 0 fully saturated rings. The highest BCUT2D eigenvalue weighted by molar-refractivity contribution is 5.94. The van der Waals surface area contributed by atoms with Crippen LogP contribution in [0.5, 0.6) is 0 Å². The minimum absolute atomic E-state index is 0.00650. The van der Waals surface area contributed by atoms with Gasteiger partial charge in [0.25, 0.3) is 0 Å². The lowest BCUT2D eigenvalue weighted by atomic mass is 10.0. The van der Waals surface area contributed by atoms with E-state index in [0.717, 1.165) is 34.0 Å². The molecule has 2 amide bonds. The molecule has 2 N–H and O–H groups in total. The van der Waals surface area contributed by atoms with E-state index < -0.39 is 0 Å². The standard InChI is InChI=1S/C23H24N4O2/c1-3-20(18-14-24-19-7-5-4-6-17(18)19)27(2)22(29)11-8-15-12-16-9-10-21(28)26-23(16)25-13-15/h4-8,11-14,20,24H,3,9-10H2,1-2H3,(H,25,26,28). The molecule has 4 rings (SSSR count). The van der Waals surface area contributed by atoms with Crippen molar-refractivity contribution in [3.05, 3.63) is 65.5 Å². The monoisotopic (exact) mass is 388 g/mol. The lowest BCUT2D eigenvalue weighted by Gasteiger charge is -2.26. The van der Waals surface area contributed by atoms with Crippen LogP contribution in [-0.2, 0) is 16.0 Å². The Morgan fingerprint density at radius 2 is 2.14 bits per heavy atom. The van der Waals surface area contributed by atoms with Crippen LogP contribution in [0.2, 0.25) is 0 Å². The molecule has 0 saturated carbocycles. The molecule has 3 aromatic rings. The van der Waals surface area contributed by atoms with Crippen molar-refractivity contribution < 1.29 is 9.59 Å². The second kappa shape index (κ2) is 7.91. The van der Waals surface area contributed by atoms with Gasteiger partial charge in [-0.2, -0.15) is 0 Å². The van der Waals surface area contributed by atoms with Crippen LogP contribution in [0.1, 0.15) is 42.5 Å². The molecule has 29 heavy (non-hydrogen) atoms. The highest BCUT2D eigenvalue weighted by Crippen LogP contribution is 2.30. The molecule has 6 heteroatoms. The first-order valence-electron chi connectivity index (χ1n) is 9.86. The van der Waals surface area contributed by atoms with E-state index in [1.807, 2.05) is 37.5 Å². The molecule has 1 atom stereocenters. The van der Waals surface area contributed by atoms with Gasteiger partial charge in [-0.05, 0) is 47.7 Å². The maximum atomic E-state index is 12.8. The molecule has 0 spiro atoms. The van der Waals surface area contributed by atoms with E-state index in [9.17, 15) is 9.59 Å². The van der Waals surface area contributed by atoms with Crippen LogP contribution in [0.4, 0.5) is 5.82 Å². The van der Waals surface area contributed by atoms with Gasteiger partial charge in [-0.1, -0.05) is 25.1 Å². The number of carbonyl (C=O) groups is 2. The number of aromatic nitrogens is 2. The summed E-state index contributed by atoms with van der Waals surface area (Å²) < 4.78 is 0. The lowest BCUT2D eigenvalue weighted by Crippen LogP contribution is -2.29. The van der Waals surface area contributed by atoms with E-state index in [1.165, 1.54) is 0 Å². The highest BCUT2D eigenvalue weighted by atomic mass is 16.2. The van der Waals surface area contributed by atoms with Gasteiger partial charge in [-0.25, -0.2) is 4.98 Å². The maximum absolute atomic E-state index is 12.8. The SMILES string of the molecule is CCC(c1c[nH]c2ccccc12)N(C)C(=O)C=Cc1cnc2c(c1)CCC(=O)N2. The third-order valence-corrected chi connectivity index (χ3v) is 5.47. The van der Waals surface area contributed by atoms with E-state index in [-0.39, 0.29) is 17.9 Å². The predicted molar refractivity (Wildman–Crippen MR) is 114 cm³/mol. The van der Waals surface area contributed by atoms with Crippen LogP contribution in [0.15, 0.2) is 48.8 Å². The number of nitrogens with one attached hydrogen (secondary N) is 2. The minimum atomic E-state index is -0.0619. The van der Waals surface area contributed by atoms with E-state index in [0.29, 0.717) is 18.7 Å². The molecule has 1 aromatic carbocycles. The lowest BCUT2D eigenvalue weighted by molar-refractivity contribution is -0.126. The van der Waals surface area contributed by atoms with Gasteiger partial charge in [0.2, 0.25) is 11.8 Å². The van der Waals surface area contributed by atoms with Crippen LogP contribution < -0.4 is 5.32 Å². The Morgan fingerprint density at radius 1 is 1.31 bits per heavy atom. The van der Waals surface area contributed by atoms with Crippen molar-refractivity contribution in [2.24, 2.45) is 0 Å². The van der Waals surface area contributed by atoms with Crippen molar-refractivity contribution in [1.29, 1.82) is 0 Å². The van der Waals surface area contributed by atoms with Crippen LogP contribution in [0.25, 0.3) is 17.0 Å². The zero-order chi connectivity index (χ0) is 20.4. The number of anilines is 1. The molecule has 0 saturated heterocycles. The van der Waals surface area contributed by atoms with Crippen LogP contribution in [0, 0.1) is 0 Å². The minimum Gasteiger partial charge on any atom is -0.361 e. The molecule has 6 nitrogen and oxygen atoms in total. The summed E-state index contributed by atoms with van der Waals surface area (Å²) >= 11 is 0. The zero-order valence-corrected chi connectivity index (χ0v) is 16.6. The van der Waals surface area contributed by atoms with E-state index in [4.69, 9.17) is 0 Å². The first kappa shape index (κ1) is 18.9. The molecule has 0 aliphatic carbocycles. The summed E-state index contributed by atoms with van der Waals surface area (Å²) in [5, 5.41) is 3.91. The molecular formula is C23H24N4O2. The van der Waals surface area contributed by atoms with E-state index in [1.54, 1.807) is 23.2 Å². The number of nitrogens with zero attached hydrogens (tertiary/aromatic N) is 2. The van der Waals surface area contributed by atoms with Crippen LogP contribution in [-0.4, -0.2) is 33.7 Å². The Labute approximate surface area is 169 Å². The molecule has 3 heterocycles. The number of hydrogen-bond acceptors (Lipinski definition) is 3. The second-order valence-corrected chi connectivity index (χ2v) is 7.32. The van der Waals surface area contributed by atoms with Gasteiger partial charge in [-0.3, -0.25) is 9.59 Å². The molecule has 0 radical (unpaired) electrons. The summed E-state index contributed by atoms with van der Waals surface area (Å²) in [6.45, 7) is 2.08. The number of rotatable bonds is 5. The molecule has 1 aliphatic rings. The normalized spacial score (nSPS) is 14.6. The second-order valence-electron chi connectivity index (χ2n) is 7.32. The molecule has 1 unspecified atom stereocenters. The van der Waals surface area contributed by atoms with E-state index in [2.05, 4.69) is 28.3 Å². The first-order valence-corrected chi connectivity index (χ1v) is 9.86. The summed E-state index contributed by atoms with van der Waals surface area (Å²) in [5.41, 5.74) is 4.04. The first-order chi connectivity index (χ1) is 14.1. The van der Waals surface area contributed by atoms with Crippen LogP contribution in [0.3, 0.4) is 0 Å². The summed E-state index contributed by atoms with van der Waals surface area (Å²) in [6, 6.07) is 10.1. The Hall–Kier alpha value is -3.41. The summed E-state index contributed by atoms with van der Waals surface area (Å²) in [7, 11) is 1.84. The van der Waals surface area contributed by atoms with Crippen molar-refractivity contribution in [3.63, 3.8) is 0 Å². The highest BCUT2D eigenvalue weighted by Gasteiger charge is 2.21. The smallest absolute Gasteiger partial charge is 0.246 e. The third kappa shape index (κ3) is 3.78. The Morgan fingerprint density at radius 3 is 2.97 bits per heavy atom. The number of fused-ring (bicyclic) bond motifs is 2. The average molecular weight is 388 g/mol. The van der Waals surface area contributed by atoms with Gasteiger partial charge in [0.05, 0.1) is 6.04 Å². The fourth-order valence-electron chi connectivity index (χ4n) is 3.88. The molecule has 0 bridgehead atoms. The summed E-state index contributed by atoms with van der Waals surface area (Å²) in [5.74, 6) is 0.549. The summed E-state index contributed by atoms with van der Waals surface area (Å²) in [4.78, 5) is 33.7. The van der Waals surface area contributed by atoms with Crippen molar-refractivity contribution >= 4 is 34.6 Å². The number of hydrogen-bond donors (Lipinski definition) is 2. The van der Waals surface area contributed by atoms with Gasteiger partial charge in [-0.15, -0.1) is 0 Å². The molecule has 148 valence electrons. The summed E-state index contributed by atoms with van der Waals surface area (Å²) in [6.07, 6.45) is 8.98. The number of amides is 2. The number of aryl methyl sites for hydroxylation is 1. The Bertz CT molecular complexity index is 1100. The van der Waals surface area contributed by atoms with Gasteiger partial charge in [0.1, 0.15) is 5.82 Å². The topological polar surface area (TPSA) is 78.1 Å². The van der Waals surface area contributed by atoms with Crippen molar-refractivity contribution in [3.8, 4) is 0 Å². The number of aromatic amines is 1. The van der Waals surface area contributed by atoms with Crippen LogP contribution >= 0.6 is 0 Å². The fraction of sp³-hybridized carbons (Fsp3) is 0.261. The van der Waals surface area contributed by atoms with Gasteiger partial charge in [0.15, 0.2) is 0 Å². The van der Waals surface area contributed by atoms with Gasteiger partial charge < -0.3 is 15.2 Å². The number of likely N-dealkylation sites (N-methyl/N-ethyl adjacent to an activating group) is 1. The zero-order valence-electron chi connectivity index (χ0n) is 16.6. The number of H-pyrrole nitrogens is 1. The fourth-order valence-corrected chi connectivity index (χ4v) is 3.88. The number of carbonyl (C=O) groups excluding carboxylic acids is 2. The van der Waals surface area contributed by atoms with Crippen molar-refractivity contribution in [2.45, 2.75) is 32.2 Å². The maximum Gasteiger partial charge on any atom is 0.246 e. The number of pyridine rings is 1. The van der Waals surface area contributed by atoms with Crippen molar-refractivity contribution in [2.75, 3.05) is 12.4 Å². The largest absolute Gasteiger partial charge is 0.361 e. The molecule has 1 aliphatic heterocycles. The number of para-hydroxylation sites is 1. The van der Waals surface area contributed by atoms with E-state index >= 15 is 0 Å².